The zero-order valence-electron chi connectivity index (χ0n) is 15.6. The van der Waals surface area contributed by atoms with Gasteiger partial charge in [0.25, 0.3) is 0 Å². The highest BCUT2D eigenvalue weighted by atomic mass is 16.6. The number of aromatic nitrogens is 2. The predicted octanol–water partition coefficient (Wildman–Crippen LogP) is 2.54. The molecule has 0 radical (unpaired) electrons. The summed E-state index contributed by atoms with van der Waals surface area (Å²) in [6.45, 7) is 5.90. The lowest BCUT2D eigenvalue weighted by Gasteiger charge is -2.22. The maximum Gasteiger partial charge on any atom is 0.408 e. The molecule has 1 aromatic carbocycles. The maximum absolute atomic E-state index is 12.1. The molecule has 0 spiro atoms. The molecule has 0 saturated carbocycles. The summed E-state index contributed by atoms with van der Waals surface area (Å²) in [5.41, 5.74) is 1.27. The van der Waals surface area contributed by atoms with Crippen LogP contribution in [0.5, 0.6) is 0 Å². The molecule has 1 unspecified atom stereocenters. The van der Waals surface area contributed by atoms with Crippen molar-refractivity contribution in [3.05, 3.63) is 54.1 Å². The van der Waals surface area contributed by atoms with Gasteiger partial charge in [-0.1, -0.05) is 30.3 Å². The molecule has 0 saturated heterocycles. The molecule has 26 heavy (non-hydrogen) atoms. The molecule has 1 heterocycles. The van der Waals surface area contributed by atoms with E-state index in [1.807, 2.05) is 34.9 Å². The lowest BCUT2D eigenvalue weighted by molar-refractivity contribution is -0.143. The molecule has 7 nitrogen and oxygen atoms in total. The second-order valence-corrected chi connectivity index (χ2v) is 6.92. The van der Waals surface area contributed by atoms with Crippen molar-refractivity contribution in [1.29, 1.82) is 0 Å². The largest absolute Gasteiger partial charge is 0.467 e. The third-order valence-corrected chi connectivity index (χ3v) is 3.58. The molecule has 0 aliphatic heterocycles. The number of hydrogen-bond acceptors (Lipinski definition) is 5. The van der Waals surface area contributed by atoms with E-state index in [2.05, 4.69) is 10.3 Å². The zero-order valence-corrected chi connectivity index (χ0v) is 15.6. The number of rotatable bonds is 6. The van der Waals surface area contributed by atoms with Crippen LogP contribution in [0.1, 0.15) is 32.0 Å². The Bertz CT molecular complexity index is 735. The smallest absolute Gasteiger partial charge is 0.408 e. The Hall–Kier alpha value is -2.83. The predicted molar refractivity (Wildman–Crippen MR) is 96.6 cm³/mol. The van der Waals surface area contributed by atoms with Crippen LogP contribution in [0.4, 0.5) is 4.79 Å². The van der Waals surface area contributed by atoms with Crippen molar-refractivity contribution in [1.82, 2.24) is 14.9 Å². The van der Waals surface area contributed by atoms with Gasteiger partial charge >= 0.3 is 12.1 Å². The maximum atomic E-state index is 12.1. The number of esters is 1. The van der Waals surface area contributed by atoms with E-state index in [1.54, 1.807) is 33.3 Å². The first-order valence-corrected chi connectivity index (χ1v) is 8.39. The quantitative estimate of drug-likeness (QED) is 0.802. The van der Waals surface area contributed by atoms with E-state index in [0.29, 0.717) is 6.54 Å². The number of benzene rings is 1. The van der Waals surface area contributed by atoms with E-state index >= 15 is 0 Å². The molecule has 1 aromatic heterocycles. The van der Waals surface area contributed by atoms with Gasteiger partial charge < -0.3 is 19.4 Å². The van der Waals surface area contributed by atoms with E-state index in [9.17, 15) is 9.59 Å². The van der Waals surface area contributed by atoms with Crippen molar-refractivity contribution in [2.45, 2.75) is 45.4 Å². The van der Waals surface area contributed by atoms with Gasteiger partial charge in [-0.25, -0.2) is 14.6 Å². The topological polar surface area (TPSA) is 82.5 Å². The molecule has 7 heteroatoms. The van der Waals surface area contributed by atoms with Gasteiger partial charge in [0.15, 0.2) is 0 Å². The number of methoxy groups -OCH3 is 1. The fourth-order valence-electron chi connectivity index (χ4n) is 2.44. The van der Waals surface area contributed by atoms with E-state index in [1.165, 1.54) is 7.11 Å². The number of ether oxygens (including phenoxy) is 2. The van der Waals surface area contributed by atoms with Crippen LogP contribution in [-0.2, 0) is 27.2 Å². The number of nitrogens with zero attached hydrogens (tertiary/aromatic N) is 2. The van der Waals surface area contributed by atoms with Crippen LogP contribution in [0.2, 0.25) is 0 Å². The lowest BCUT2D eigenvalue weighted by Crippen LogP contribution is -2.45. The van der Waals surface area contributed by atoms with E-state index in [4.69, 9.17) is 9.47 Å². The van der Waals surface area contributed by atoms with Crippen molar-refractivity contribution in [2.75, 3.05) is 7.11 Å². The molecule has 0 fully saturated rings. The third-order valence-electron chi connectivity index (χ3n) is 3.58. The summed E-state index contributed by atoms with van der Waals surface area (Å²) in [5, 5.41) is 2.58. The molecule has 0 aliphatic rings. The fraction of sp³-hybridized carbons (Fsp3) is 0.421. The standard InChI is InChI=1S/C19H25N3O4/c1-19(2,3)26-18(24)21-16(17(23)25-4)10-15-11-20-13-22(15)12-14-8-6-5-7-9-14/h5-9,11,13,16H,10,12H2,1-4H3,(H,21,24). The average Bonchev–Trinajstić information content (AvgIpc) is 2.99. The molecule has 1 N–H and O–H groups in total. The first-order chi connectivity index (χ1) is 12.3. The fourth-order valence-corrected chi connectivity index (χ4v) is 2.44. The highest BCUT2D eigenvalue weighted by Gasteiger charge is 2.26. The van der Waals surface area contributed by atoms with Crippen LogP contribution in [-0.4, -0.2) is 40.4 Å². The Kier molecular flexibility index (Phi) is 6.38. The van der Waals surface area contributed by atoms with Gasteiger partial charge in [0.05, 0.1) is 13.4 Å². The Morgan fingerprint density at radius 1 is 1.23 bits per heavy atom. The van der Waals surface area contributed by atoms with Gasteiger partial charge in [0.1, 0.15) is 11.6 Å². The van der Waals surface area contributed by atoms with Gasteiger partial charge in [-0.05, 0) is 26.3 Å². The molecule has 0 bridgehead atoms. The van der Waals surface area contributed by atoms with Crippen LogP contribution in [0.3, 0.4) is 0 Å². The number of imidazole rings is 1. The number of hydrogen-bond donors (Lipinski definition) is 1. The number of amides is 1. The summed E-state index contributed by atoms with van der Waals surface area (Å²) in [6, 6.07) is 9.05. The first kappa shape index (κ1) is 19.5. The Balaban J connectivity index is 2.10. The van der Waals surface area contributed by atoms with E-state index < -0.39 is 23.7 Å². The highest BCUT2D eigenvalue weighted by Crippen LogP contribution is 2.11. The minimum Gasteiger partial charge on any atom is -0.467 e. The number of nitrogens with one attached hydrogen (secondary N) is 1. The van der Waals surface area contributed by atoms with E-state index in [-0.39, 0.29) is 6.42 Å². The second-order valence-electron chi connectivity index (χ2n) is 6.92. The molecule has 1 amide bonds. The minimum atomic E-state index is -0.860. The molecule has 1 atom stereocenters. The van der Waals surface area contributed by atoms with E-state index in [0.717, 1.165) is 11.3 Å². The van der Waals surface area contributed by atoms with Crippen LogP contribution < -0.4 is 5.32 Å². The summed E-state index contributed by atoms with van der Waals surface area (Å²) >= 11 is 0. The third kappa shape index (κ3) is 5.91. The van der Waals surface area contributed by atoms with Gasteiger partial charge in [-0.15, -0.1) is 0 Å². The van der Waals surface area contributed by atoms with Crippen molar-refractivity contribution in [3.8, 4) is 0 Å². The Morgan fingerprint density at radius 3 is 2.54 bits per heavy atom. The summed E-state index contributed by atoms with van der Waals surface area (Å²) in [7, 11) is 1.29. The van der Waals surface area contributed by atoms with Crippen molar-refractivity contribution in [3.63, 3.8) is 0 Å². The van der Waals surface area contributed by atoms with Crippen LogP contribution in [0, 0.1) is 0 Å². The number of alkyl carbamates (subject to hydrolysis) is 1. The minimum absolute atomic E-state index is 0.249. The van der Waals surface area contributed by atoms with Crippen LogP contribution in [0.25, 0.3) is 0 Å². The zero-order chi connectivity index (χ0) is 19.2. The SMILES string of the molecule is COC(=O)C(Cc1cncn1Cc1ccccc1)NC(=O)OC(C)(C)C. The van der Waals surface area contributed by atoms with Crippen molar-refractivity contribution < 1.29 is 19.1 Å². The normalized spacial score (nSPS) is 12.3. The molecular formula is C19H25N3O4. The summed E-state index contributed by atoms with van der Waals surface area (Å²) in [5.74, 6) is -0.539. The van der Waals surface area contributed by atoms with Crippen LogP contribution >= 0.6 is 0 Å². The molecule has 2 aromatic rings. The van der Waals surface area contributed by atoms with Gasteiger partial charge in [-0.3, -0.25) is 0 Å². The second kappa shape index (κ2) is 8.51. The molecule has 0 aliphatic carbocycles. The summed E-state index contributed by atoms with van der Waals surface area (Å²) in [4.78, 5) is 28.3. The number of carbonyl (C=O) groups excluding carboxylic acids is 2. The molecule has 2 rings (SSSR count). The van der Waals surface area contributed by atoms with Crippen molar-refractivity contribution in [2.24, 2.45) is 0 Å². The van der Waals surface area contributed by atoms with Gasteiger partial charge in [0.2, 0.25) is 0 Å². The van der Waals surface area contributed by atoms with Crippen molar-refractivity contribution >= 4 is 12.1 Å². The molecule has 140 valence electrons. The first-order valence-electron chi connectivity index (χ1n) is 8.39. The van der Waals surface area contributed by atoms with Gasteiger partial charge in [0, 0.05) is 24.9 Å². The number of carbonyl (C=O) groups is 2. The summed E-state index contributed by atoms with van der Waals surface area (Å²) in [6.07, 6.45) is 2.96. The Labute approximate surface area is 153 Å². The highest BCUT2D eigenvalue weighted by molar-refractivity contribution is 5.81. The average molecular weight is 359 g/mol. The summed E-state index contributed by atoms with van der Waals surface area (Å²) < 4.78 is 12.0. The molecular weight excluding hydrogens is 334 g/mol. The van der Waals surface area contributed by atoms with Gasteiger partial charge in [-0.2, -0.15) is 0 Å². The van der Waals surface area contributed by atoms with Crippen LogP contribution in [0.15, 0.2) is 42.9 Å². The monoisotopic (exact) mass is 359 g/mol. The Morgan fingerprint density at radius 2 is 1.92 bits per heavy atom. The lowest BCUT2D eigenvalue weighted by atomic mass is 10.1.